The van der Waals surface area contributed by atoms with Crippen molar-refractivity contribution >= 4 is 50.7 Å². The van der Waals surface area contributed by atoms with Crippen molar-refractivity contribution in [3.8, 4) is 0 Å². The number of nitrogens with zero attached hydrogens (tertiary/aromatic N) is 2. The van der Waals surface area contributed by atoms with Crippen molar-refractivity contribution < 1.29 is 18.0 Å². The Labute approximate surface area is 223 Å². The Bertz CT molecular complexity index is 1200. The molecule has 0 heterocycles. The molecule has 1 N–H and O–H groups in total. The smallest absolute Gasteiger partial charge is 0.244 e. The van der Waals surface area contributed by atoms with Gasteiger partial charge in [-0.2, -0.15) is 0 Å². The van der Waals surface area contributed by atoms with Crippen LogP contribution < -0.4 is 9.62 Å². The highest BCUT2D eigenvalue weighted by molar-refractivity contribution is 7.92. The second-order valence-corrected chi connectivity index (χ2v) is 12.0. The monoisotopic (exact) mass is 553 g/mol. The van der Waals surface area contributed by atoms with Crippen LogP contribution in [0, 0.1) is 6.92 Å². The standard InChI is InChI=1S/C26H33Cl2N3O4S/c1-18-22(27)14-9-15-24(18)31(36(3,34)35)17-25(32)30(16-20-10-7-8-13-23(20)28)19(2)26(33)29-21-11-5-4-6-12-21/h7-10,13-15,19,21H,4-6,11-12,16-17H2,1-3H3,(H,29,33)/t19-/m0/s1. The molecule has 1 saturated carbocycles. The van der Waals surface area contributed by atoms with Crippen LogP contribution in [0.4, 0.5) is 5.69 Å². The van der Waals surface area contributed by atoms with Gasteiger partial charge in [-0.25, -0.2) is 8.42 Å². The van der Waals surface area contributed by atoms with Crippen molar-refractivity contribution in [2.45, 2.75) is 64.6 Å². The second kappa shape index (κ2) is 12.3. The van der Waals surface area contributed by atoms with Crippen LogP contribution in [0.3, 0.4) is 0 Å². The van der Waals surface area contributed by atoms with Crippen molar-refractivity contribution in [1.29, 1.82) is 0 Å². The van der Waals surface area contributed by atoms with Crippen LogP contribution in [0.5, 0.6) is 0 Å². The largest absolute Gasteiger partial charge is 0.352 e. The zero-order valence-corrected chi connectivity index (χ0v) is 23.2. The maximum atomic E-state index is 13.7. The summed E-state index contributed by atoms with van der Waals surface area (Å²) in [5, 5.41) is 3.92. The normalized spacial score (nSPS) is 15.2. The molecule has 0 spiro atoms. The van der Waals surface area contributed by atoms with Gasteiger partial charge in [-0.1, -0.05) is 66.7 Å². The third-order valence-electron chi connectivity index (χ3n) is 6.60. The Balaban J connectivity index is 1.91. The molecule has 2 aromatic carbocycles. The molecule has 1 fully saturated rings. The van der Waals surface area contributed by atoms with Gasteiger partial charge < -0.3 is 10.2 Å². The van der Waals surface area contributed by atoms with E-state index >= 15 is 0 Å². The first-order valence-electron chi connectivity index (χ1n) is 12.0. The van der Waals surface area contributed by atoms with Gasteiger partial charge in [0.25, 0.3) is 0 Å². The Morgan fingerprint density at radius 1 is 1.03 bits per heavy atom. The number of anilines is 1. The predicted molar refractivity (Wildman–Crippen MR) is 145 cm³/mol. The number of carbonyl (C=O) groups excluding carboxylic acids is 2. The van der Waals surface area contributed by atoms with E-state index in [0.29, 0.717) is 26.9 Å². The molecule has 0 radical (unpaired) electrons. The molecule has 0 aromatic heterocycles. The maximum absolute atomic E-state index is 13.7. The Morgan fingerprint density at radius 3 is 2.31 bits per heavy atom. The lowest BCUT2D eigenvalue weighted by molar-refractivity contribution is -0.139. The van der Waals surface area contributed by atoms with Crippen LogP contribution in [0.2, 0.25) is 10.0 Å². The number of amides is 2. The summed E-state index contributed by atoms with van der Waals surface area (Å²) >= 11 is 12.6. The zero-order chi connectivity index (χ0) is 26.5. The van der Waals surface area contributed by atoms with Crippen LogP contribution in [0.25, 0.3) is 0 Å². The lowest BCUT2D eigenvalue weighted by Crippen LogP contribution is -2.53. The SMILES string of the molecule is Cc1c(Cl)cccc1N(CC(=O)N(Cc1ccccc1Cl)[C@@H](C)C(=O)NC1CCCCC1)S(C)(=O)=O. The highest BCUT2D eigenvalue weighted by Gasteiger charge is 2.32. The average molecular weight is 555 g/mol. The molecular weight excluding hydrogens is 521 g/mol. The van der Waals surface area contributed by atoms with Crippen molar-refractivity contribution in [3.63, 3.8) is 0 Å². The summed E-state index contributed by atoms with van der Waals surface area (Å²) in [7, 11) is -3.83. The molecule has 2 amide bonds. The molecule has 0 unspecified atom stereocenters. The summed E-state index contributed by atoms with van der Waals surface area (Å²) in [6.07, 6.45) is 6.13. The molecule has 0 saturated heterocycles. The van der Waals surface area contributed by atoms with E-state index in [1.807, 2.05) is 0 Å². The molecule has 196 valence electrons. The van der Waals surface area contributed by atoms with E-state index in [1.165, 1.54) is 4.90 Å². The Kier molecular flexibility index (Phi) is 9.66. The molecule has 1 aliphatic carbocycles. The van der Waals surface area contributed by atoms with Crippen molar-refractivity contribution in [2.75, 3.05) is 17.1 Å². The predicted octanol–water partition coefficient (Wildman–Crippen LogP) is 4.93. The fraction of sp³-hybridized carbons (Fsp3) is 0.462. The third kappa shape index (κ3) is 7.14. The van der Waals surface area contributed by atoms with Crippen LogP contribution in [0.15, 0.2) is 42.5 Å². The topological polar surface area (TPSA) is 86.8 Å². The molecule has 3 rings (SSSR count). The Morgan fingerprint density at radius 2 is 1.67 bits per heavy atom. The number of nitrogens with one attached hydrogen (secondary N) is 1. The van der Waals surface area contributed by atoms with Crippen LogP contribution in [0.1, 0.15) is 50.2 Å². The molecule has 0 aliphatic heterocycles. The highest BCUT2D eigenvalue weighted by Crippen LogP contribution is 2.29. The molecule has 1 atom stereocenters. The van der Waals surface area contributed by atoms with Gasteiger partial charge in [0.15, 0.2) is 0 Å². The van der Waals surface area contributed by atoms with E-state index in [0.717, 1.165) is 42.7 Å². The molecule has 36 heavy (non-hydrogen) atoms. The first-order valence-corrected chi connectivity index (χ1v) is 14.7. The summed E-state index contributed by atoms with van der Waals surface area (Å²) < 4.78 is 26.5. The fourth-order valence-corrected chi connectivity index (χ4v) is 5.69. The van der Waals surface area contributed by atoms with Crippen LogP contribution in [-0.2, 0) is 26.2 Å². The number of rotatable bonds is 9. The van der Waals surface area contributed by atoms with E-state index in [2.05, 4.69) is 5.32 Å². The van der Waals surface area contributed by atoms with Crippen LogP contribution >= 0.6 is 23.2 Å². The minimum absolute atomic E-state index is 0.0594. The van der Waals surface area contributed by atoms with E-state index < -0.39 is 28.5 Å². The second-order valence-electron chi connectivity index (χ2n) is 9.29. The summed E-state index contributed by atoms with van der Waals surface area (Å²) in [5.41, 5.74) is 1.52. The third-order valence-corrected chi connectivity index (χ3v) is 8.51. The van der Waals surface area contributed by atoms with Crippen LogP contribution in [-0.4, -0.2) is 50.0 Å². The van der Waals surface area contributed by atoms with E-state index in [4.69, 9.17) is 23.2 Å². The lowest BCUT2D eigenvalue weighted by Gasteiger charge is -2.33. The number of benzene rings is 2. The van der Waals surface area contributed by atoms with Crippen molar-refractivity contribution in [3.05, 3.63) is 63.6 Å². The zero-order valence-electron chi connectivity index (χ0n) is 20.8. The number of sulfonamides is 1. The van der Waals surface area contributed by atoms with Gasteiger partial charge in [-0.3, -0.25) is 13.9 Å². The van der Waals surface area contributed by atoms with Gasteiger partial charge in [-0.05, 0) is 56.0 Å². The number of hydrogen-bond donors (Lipinski definition) is 1. The fourth-order valence-electron chi connectivity index (χ4n) is 4.42. The maximum Gasteiger partial charge on any atom is 0.244 e. The summed E-state index contributed by atoms with van der Waals surface area (Å²) in [6, 6.07) is 11.2. The first kappa shape index (κ1) is 28.3. The molecule has 7 nitrogen and oxygen atoms in total. The van der Waals surface area contributed by atoms with Crippen molar-refractivity contribution in [2.24, 2.45) is 0 Å². The lowest BCUT2D eigenvalue weighted by atomic mass is 9.95. The highest BCUT2D eigenvalue weighted by atomic mass is 35.5. The first-order chi connectivity index (χ1) is 17.0. The minimum atomic E-state index is -3.83. The van der Waals surface area contributed by atoms with Gasteiger partial charge in [-0.15, -0.1) is 0 Å². The quantitative estimate of drug-likeness (QED) is 0.476. The summed E-state index contributed by atoms with van der Waals surface area (Å²) in [6.45, 7) is 2.93. The van der Waals surface area contributed by atoms with Gasteiger partial charge >= 0.3 is 0 Å². The minimum Gasteiger partial charge on any atom is -0.352 e. The van der Waals surface area contributed by atoms with E-state index in [1.54, 1.807) is 56.3 Å². The van der Waals surface area contributed by atoms with Crippen molar-refractivity contribution in [1.82, 2.24) is 10.2 Å². The number of carbonyl (C=O) groups is 2. The molecule has 0 bridgehead atoms. The van der Waals surface area contributed by atoms with E-state index in [-0.39, 0.29) is 18.5 Å². The number of halogens is 2. The number of hydrogen-bond acceptors (Lipinski definition) is 4. The molecule has 2 aromatic rings. The molecule has 1 aliphatic rings. The van der Waals surface area contributed by atoms with E-state index in [9.17, 15) is 18.0 Å². The Hall–Kier alpha value is -2.29. The van der Waals surface area contributed by atoms with Gasteiger partial charge in [0.05, 0.1) is 11.9 Å². The van der Waals surface area contributed by atoms with Gasteiger partial charge in [0.2, 0.25) is 21.8 Å². The molecule has 10 heteroatoms. The molecular formula is C26H33Cl2N3O4S. The summed E-state index contributed by atoms with van der Waals surface area (Å²) in [5.74, 6) is -0.793. The van der Waals surface area contributed by atoms with Gasteiger partial charge in [0, 0.05) is 22.6 Å². The summed E-state index contributed by atoms with van der Waals surface area (Å²) in [4.78, 5) is 28.3. The average Bonchev–Trinajstić information content (AvgIpc) is 2.83. The van der Waals surface area contributed by atoms with Gasteiger partial charge in [0.1, 0.15) is 12.6 Å².